The summed E-state index contributed by atoms with van der Waals surface area (Å²) in [6.45, 7) is 4.01. The van der Waals surface area contributed by atoms with Crippen LogP contribution in [0.5, 0.6) is 0 Å². The van der Waals surface area contributed by atoms with Gasteiger partial charge in [-0.1, -0.05) is 53.5 Å². The van der Waals surface area contributed by atoms with E-state index in [2.05, 4.69) is 32.6 Å². The SMILES string of the molecule is CC(C)n1nnc(-c2cnn(-c3cc(Cl)ccc3Cl)c2SCc2ccccc2)n1. The van der Waals surface area contributed by atoms with Gasteiger partial charge in [-0.2, -0.15) is 9.90 Å². The highest BCUT2D eigenvalue weighted by Crippen LogP contribution is 2.36. The molecular formula is C20H18Cl2N6S. The standard InChI is InChI=1S/C20H18Cl2N6S/c1-13(2)28-25-19(24-26-28)16-11-23-27(18-10-15(21)8-9-17(18)22)20(16)29-12-14-6-4-3-5-7-14/h3-11,13H,12H2,1-2H3. The Morgan fingerprint density at radius 1 is 1.07 bits per heavy atom. The van der Waals surface area contributed by atoms with E-state index in [0.717, 1.165) is 16.3 Å². The summed E-state index contributed by atoms with van der Waals surface area (Å²) in [5.41, 5.74) is 2.71. The lowest BCUT2D eigenvalue weighted by Gasteiger charge is -2.11. The van der Waals surface area contributed by atoms with Crippen LogP contribution in [0.2, 0.25) is 10.0 Å². The second-order valence-electron chi connectivity index (χ2n) is 6.67. The molecule has 0 aliphatic heterocycles. The van der Waals surface area contributed by atoms with Crippen molar-refractivity contribution in [3.63, 3.8) is 0 Å². The Bertz CT molecular complexity index is 1120. The molecule has 2 aromatic carbocycles. The van der Waals surface area contributed by atoms with E-state index in [9.17, 15) is 0 Å². The first-order chi connectivity index (χ1) is 14.0. The number of aromatic nitrogens is 6. The summed E-state index contributed by atoms with van der Waals surface area (Å²) in [6.07, 6.45) is 1.74. The fourth-order valence-corrected chi connectivity index (χ4v) is 4.15. The molecule has 0 amide bonds. The van der Waals surface area contributed by atoms with E-state index in [1.165, 1.54) is 5.56 Å². The maximum atomic E-state index is 6.44. The summed E-state index contributed by atoms with van der Waals surface area (Å²) < 4.78 is 1.78. The number of hydrogen-bond donors (Lipinski definition) is 0. The van der Waals surface area contributed by atoms with Gasteiger partial charge in [0.05, 0.1) is 28.5 Å². The highest BCUT2D eigenvalue weighted by atomic mass is 35.5. The molecule has 0 spiro atoms. The van der Waals surface area contributed by atoms with Crippen molar-refractivity contribution in [2.75, 3.05) is 0 Å². The van der Waals surface area contributed by atoms with Gasteiger partial charge in [0.1, 0.15) is 5.03 Å². The van der Waals surface area contributed by atoms with Gasteiger partial charge < -0.3 is 0 Å². The van der Waals surface area contributed by atoms with Crippen LogP contribution < -0.4 is 0 Å². The summed E-state index contributed by atoms with van der Waals surface area (Å²) in [5, 5.41) is 19.5. The second-order valence-corrected chi connectivity index (χ2v) is 8.48. The van der Waals surface area contributed by atoms with E-state index >= 15 is 0 Å². The summed E-state index contributed by atoms with van der Waals surface area (Å²) in [4.78, 5) is 1.59. The van der Waals surface area contributed by atoms with E-state index in [4.69, 9.17) is 23.2 Å². The zero-order valence-corrected chi connectivity index (χ0v) is 18.2. The second kappa shape index (κ2) is 8.57. The third-order valence-corrected chi connectivity index (χ3v) is 5.91. The number of nitrogens with zero attached hydrogens (tertiary/aromatic N) is 6. The Balaban J connectivity index is 1.78. The van der Waals surface area contributed by atoms with Gasteiger partial charge in [0, 0.05) is 10.8 Å². The number of tetrazole rings is 1. The van der Waals surface area contributed by atoms with Crippen LogP contribution in [0.25, 0.3) is 17.1 Å². The molecule has 4 aromatic rings. The molecule has 0 saturated carbocycles. The van der Waals surface area contributed by atoms with E-state index in [1.807, 2.05) is 32.0 Å². The van der Waals surface area contributed by atoms with E-state index in [0.29, 0.717) is 21.6 Å². The first-order valence-corrected chi connectivity index (χ1v) is 10.8. The molecule has 0 aliphatic carbocycles. The van der Waals surface area contributed by atoms with Gasteiger partial charge in [-0.05, 0) is 42.8 Å². The van der Waals surface area contributed by atoms with Gasteiger partial charge in [-0.15, -0.1) is 22.0 Å². The predicted molar refractivity (Wildman–Crippen MR) is 117 cm³/mol. The van der Waals surface area contributed by atoms with Gasteiger partial charge in [0.2, 0.25) is 5.82 Å². The topological polar surface area (TPSA) is 61.4 Å². The third-order valence-electron chi connectivity index (χ3n) is 4.21. The Labute approximate surface area is 182 Å². The van der Waals surface area contributed by atoms with Crippen LogP contribution in [0.3, 0.4) is 0 Å². The molecule has 0 N–H and O–H groups in total. The van der Waals surface area contributed by atoms with Gasteiger partial charge >= 0.3 is 0 Å². The monoisotopic (exact) mass is 444 g/mol. The summed E-state index contributed by atoms with van der Waals surface area (Å²) in [6, 6.07) is 15.7. The molecule has 0 saturated heterocycles. The third kappa shape index (κ3) is 4.32. The fourth-order valence-electron chi connectivity index (χ4n) is 2.73. The van der Waals surface area contributed by atoms with E-state index < -0.39 is 0 Å². The van der Waals surface area contributed by atoms with Crippen LogP contribution in [0.15, 0.2) is 59.8 Å². The average molecular weight is 445 g/mol. The Hall–Kier alpha value is -2.35. The smallest absolute Gasteiger partial charge is 0.209 e. The highest BCUT2D eigenvalue weighted by molar-refractivity contribution is 7.98. The molecule has 0 atom stereocenters. The molecule has 148 valence electrons. The van der Waals surface area contributed by atoms with Gasteiger partial charge in [0.15, 0.2) is 0 Å². The van der Waals surface area contributed by atoms with Crippen molar-refractivity contribution in [3.8, 4) is 17.1 Å². The molecule has 0 radical (unpaired) electrons. The zero-order valence-electron chi connectivity index (χ0n) is 15.8. The summed E-state index contributed by atoms with van der Waals surface area (Å²) in [7, 11) is 0. The normalized spacial score (nSPS) is 11.3. The highest BCUT2D eigenvalue weighted by Gasteiger charge is 2.20. The van der Waals surface area contributed by atoms with Crippen molar-refractivity contribution in [2.45, 2.75) is 30.7 Å². The van der Waals surface area contributed by atoms with Crippen molar-refractivity contribution in [1.82, 2.24) is 30.0 Å². The molecule has 2 aromatic heterocycles. The number of hydrogen-bond acceptors (Lipinski definition) is 5. The van der Waals surface area contributed by atoms with Gasteiger partial charge in [-0.25, -0.2) is 4.68 Å². The van der Waals surface area contributed by atoms with Crippen LogP contribution in [0, 0.1) is 0 Å². The van der Waals surface area contributed by atoms with Crippen molar-refractivity contribution in [2.24, 2.45) is 0 Å². The minimum Gasteiger partial charge on any atom is -0.225 e. The van der Waals surface area contributed by atoms with E-state index in [1.54, 1.807) is 45.6 Å². The predicted octanol–water partition coefficient (Wildman–Crippen LogP) is 5.71. The maximum absolute atomic E-state index is 6.44. The minimum atomic E-state index is 0.120. The Morgan fingerprint density at radius 3 is 2.59 bits per heavy atom. The lowest BCUT2D eigenvalue weighted by atomic mass is 10.2. The summed E-state index contributed by atoms with van der Waals surface area (Å²) in [5.74, 6) is 1.29. The van der Waals surface area contributed by atoms with Crippen molar-refractivity contribution >= 4 is 35.0 Å². The largest absolute Gasteiger partial charge is 0.225 e. The van der Waals surface area contributed by atoms with Crippen molar-refractivity contribution < 1.29 is 0 Å². The minimum absolute atomic E-state index is 0.120. The van der Waals surface area contributed by atoms with Gasteiger partial charge in [0.25, 0.3) is 0 Å². The van der Waals surface area contributed by atoms with Crippen LogP contribution in [-0.2, 0) is 5.75 Å². The fraction of sp³-hybridized carbons (Fsp3) is 0.200. The lowest BCUT2D eigenvalue weighted by molar-refractivity contribution is 0.455. The first kappa shape index (κ1) is 19.9. The van der Waals surface area contributed by atoms with E-state index in [-0.39, 0.29) is 6.04 Å². The molecular weight excluding hydrogens is 427 g/mol. The molecule has 0 bridgehead atoms. The molecule has 9 heteroatoms. The van der Waals surface area contributed by atoms with Crippen molar-refractivity contribution in [3.05, 3.63) is 70.3 Å². The van der Waals surface area contributed by atoms with Crippen LogP contribution in [0.1, 0.15) is 25.5 Å². The Kier molecular flexibility index (Phi) is 5.89. The molecule has 0 aliphatic rings. The number of thioether (sulfide) groups is 1. The number of rotatable bonds is 6. The molecule has 2 heterocycles. The van der Waals surface area contributed by atoms with Gasteiger partial charge in [-0.3, -0.25) is 0 Å². The van der Waals surface area contributed by atoms with Crippen LogP contribution in [-0.4, -0.2) is 30.0 Å². The summed E-state index contributed by atoms with van der Waals surface area (Å²) >= 11 is 14.3. The van der Waals surface area contributed by atoms with Crippen LogP contribution in [0.4, 0.5) is 0 Å². The zero-order chi connectivity index (χ0) is 20.4. The lowest BCUT2D eigenvalue weighted by Crippen LogP contribution is -2.04. The maximum Gasteiger partial charge on any atom is 0.209 e. The number of benzene rings is 2. The molecule has 29 heavy (non-hydrogen) atoms. The first-order valence-electron chi connectivity index (χ1n) is 9.03. The quantitative estimate of drug-likeness (QED) is 0.356. The average Bonchev–Trinajstić information content (AvgIpc) is 3.36. The molecule has 0 unspecified atom stereocenters. The Morgan fingerprint density at radius 2 is 1.86 bits per heavy atom. The molecule has 6 nitrogen and oxygen atoms in total. The molecule has 0 fully saturated rings. The molecule has 4 rings (SSSR count). The number of halogens is 2. The van der Waals surface area contributed by atoms with Crippen LogP contribution >= 0.6 is 35.0 Å². The van der Waals surface area contributed by atoms with Crippen molar-refractivity contribution in [1.29, 1.82) is 0 Å².